The van der Waals surface area contributed by atoms with Gasteiger partial charge in [-0.05, 0) is 11.8 Å². The van der Waals surface area contributed by atoms with Gasteiger partial charge in [-0.25, -0.2) is 0 Å². The number of nitrogens with one attached hydrogen (secondary N) is 3. The van der Waals surface area contributed by atoms with Gasteiger partial charge in [0.2, 0.25) is 17.7 Å². The second-order valence-electron chi connectivity index (χ2n) is 6.78. The lowest BCUT2D eigenvalue weighted by molar-refractivity contribution is -0.140. The summed E-state index contributed by atoms with van der Waals surface area (Å²) in [6, 6.07) is -3.38. The molecule has 0 aromatic rings. The number of hydrogen-bond acceptors (Lipinski definition) is 6. The zero-order valence-electron chi connectivity index (χ0n) is 15.8. The van der Waals surface area contributed by atoms with Crippen LogP contribution in [-0.4, -0.2) is 64.5 Å². The van der Waals surface area contributed by atoms with E-state index in [1.54, 1.807) is 27.7 Å². The summed E-state index contributed by atoms with van der Waals surface area (Å²) in [5.74, 6) is -5.33. The SMILES string of the molecule is CC(C)C(NC(=O)C(N)CC(=O)O)C(=O)NC(C(=O)NCC(=O)O)C(C)C. The molecule has 0 saturated carbocycles. The molecule has 27 heavy (non-hydrogen) atoms. The normalized spacial score (nSPS) is 14.2. The molecule has 3 unspecified atom stereocenters. The number of aliphatic carboxylic acids is 2. The largest absolute Gasteiger partial charge is 0.481 e. The van der Waals surface area contributed by atoms with E-state index in [1.165, 1.54) is 0 Å². The average Bonchev–Trinajstić information content (AvgIpc) is 2.53. The van der Waals surface area contributed by atoms with Crippen molar-refractivity contribution in [1.82, 2.24) is 16.0 Å². The van der Waals surface area contributed by atoms with Gasteiger partial charge < -0.3 is 31.9 Å². The van der Waals surface area contributed by atoms with Crippen molar-refractivity contribution in [2.24, 2.45) is 17.6 Å². The molecule has 3 amide bonds. The standard InChI is InChI=1S/C16H28N4O7/c1-7(2)12(15(26)18-6-11(23)24)20-16(27)13(8(3)4)19-14(25)9(17)5-10(21)22/h7-9,12-13H,5-6,17H2,1-4H3,(H,18,26)(H,19,25)(H,20,27)(H,21,22)(H,23,24). The lowest BCUT2D eigenvalue weighted by atomic mass is 9.99. The molecule has 11 heteroatoms. The molecule has 0 aromatic heterocycles. The van der Waals surface area contributed by atoms with E-state index in [0.717, 1.165) is 0 Å². The fraction of sp³-hybridized carbons (Fsp3) is 0.688. The summed E-state index contributed by atoms with van der Waals surface area (Å²) in [6.45, 7) is 6.05. The van der Waals surface area contributed by atoms with Crippen LogP contribution in [0.15, 0.2) is 0 Å². The van der Waals surface area contributed by atoms with Crippen molar-refractivity contribution < 1.29 is 34.2 Å². The van der Waals surface area contributed by atoms with Crippen molar-refractivity contribution in [1.29, 1.82) is 0 Å². The Kier molecular flexibility index (Phi) is 10.0. The maximum absolute atomic E-state index is 12.5. The van der Waals surface area contributed by atoms with E-state index < -0.39 is 60.8 Å². The van der Waals surface area contributed by atoms with Crippen LogP contribution in [0, 0.1) is 11.8 Å². The van der Waals surface area contributed by atoms with Crippen LogP contribution in [0.25, 0.3) is 0 Å². The Balaban J connectivity index is 5.11. The first kappa shape index (κ1) is 24.3. The molecule has 0 aliphatic carbocycles. The van der Waals surface area contributed by atoms with Gasteiger partial charge in [-0.1, -0.05) is 27.7 Å². The summed E-state index contributed by atoms with van der Waals surface area (Å²) in [4.78, 5) is 57.9. The van der Waals surface area contributed by atoms with Gasteiger partial charge in [0.15, 0.2) is 0 Å². The highest BCUT2D eigenvalue weighted by atomic mass is 16.4. The zero-order chi connectivity index (χ0) is 21.3. The number of carbonyl (C=O) groups excluding carboxylic acids is 3. The van der Waals surface area contributed by atoms with Crippen molar-refractivity contribution in [3.05, 3.63) is 0 Å². The van der Waals surface area contributed by atoms with E-state index in [4.69, 9.17) is 15.9 Å². The smallest absolute Gasteiger partial charge is 0.322 e. The third kappa shape index (κ3) is 8.99. The van der Waals surface area contributed by atoms with Gasteiger partial charge in [0.1, 0.15) is 18.6 Å². The molecule has 0 heterocycles. The predicted octanol–water partition coefficient (Wildman–Crippen LogP) is -1.73. The maximum Gasteiger partial charge on any atom is 0.322 e. The lowest BCUT2D eigenvalue weighted by Gasteiger charge is -2.27. The first-order valence-corrected chi connectivity index (χ1v) is 8.44. The second kappa shape index (κ2) is 11.1. The molecule has 0 aliphatic rings. The Morgan fingerprint density at radius 3 is 1.63 bits per heavy atom. The van der Waals surface area contributed by atoms with Crippen LogP contribution in [0.4, 0.5) is 0 Å². The molecule has 0 saturated heterocycles. The van der Waals surface area contributed by atoms with Gasteiger partial charge in [0.05, 0.1) is 12.5 Å². The van der Waals surface area contributed by atoms with Crippen LogP contribution < -0.4 is 21.7 Å². The quantitative estimate of drug-likeness (QED) is 0.241. The number of amides is 3. The van der Waals surface area contributed by atoms with Gasteiger partial charge in [-0.3, -0.25) is 24.0 Å². The molecule has 0 fully saturated rings. The van der Waals surface area contributed by atoms with Gasteiger partial charge in [0.25, 0.3) is 0 Å². The Morgan fingerprint density at radius 2 is 1.22 bits per heavy atom. The van der Waals surface area contributed by atoms with Crippen LogP contribution in [0.1, 0.15) is 34.1 Å². The van der Waals surface area contributed by atoms with E-state index in [-0.39, 0.29) is 11.8 Å². The molecular formula is C16H28N4O7. The van der Waals surface area contributed by atoms with E-state index in [2.05, 4.69) is 16.0 Å². The van der Waals surface area contributed by atoms with E-state index in [0.29, 0.717) is 0 Å². The first-order chi connectivity index (χ1) is 12.4. The summed E-state index contributed by atoms with van der Waals surface area (Å²) < 4.78 is 0. The first-order valence-electron chi connectivity index (χ1n) is 8.44. The number of carboxylic acid groups (broad SMARTS) is 2. The van der Waals surface area contributed by atoms with Crippen LogP contribution >= 0.6 is 0 Å². The highest BCUT2D eigenvalue weighted by molar-refractivity contribution is 5.94. The van der Waals surface area contributed by atoms with Gasteiger partial charge in [0, 0.05) is 0 Å². The summed E-state index contributed by atoms with van der Waals surface area (Å²) in [6.07, 6.45) is -0.593. The number of carbonyl (C=O) groups is 5. The second-order valence-corrected chi connectivity index (χ2v) is 6.78. The molecule has 0 bridgehead atoms. The highest BCUT2D eigenvalue weighted by Gasteiger charge is 2.31. The van der Waals surface area contributed by atoms with E-state index in [1.807, 2.05) is 0 Å². The average molecular weight is 388 g/mol. The maximum atomic E-state index is 12.5. The Morgan fingerprint density at radius 1 is 0.778 bits per heavy atom. The monoisotopic (exact) mass is 388 g/mol. The summed E-state index contributed by atoms with van der Waals surface area (Å²) in [7, 11) is 0. The minimum Gasteiger partial charge on any atom is -0.481 e. The molecule has 3 atom stereocenters. The molecule has 0 radical (unpaired) electrons. The van der Waals surface area contributed by atoms with Crippen LogP contribution in [0.3, 0.4) is 0 Å². The van der Waals surface area contributed by atoms with Crippen LogP contribution in [-0.2, 0) is 24.0 Å². The summed E-state index contributed by atoms with van der Waals surface area (Å²) >= 11 is 0. The molecule has 154 valence electrons. The molecule has 0 spiro atoms. The summed E-state index contributed by atoms with van der Waals surface area (Å²) in [5, 5.41) is 24.4. The molecule has 0 aromatic carbocycles. The van der Waals surface area contributed by atoms with Gasteiger partial charge >= 0.3 is 11.9 Å². The Bertz CT molecular complexity index is 577. The lowest BCUT2D eigenvalue weighted by Crippen LogP contribution is -2.58. The van der Waals surface area contributed by atoms with E-state index in [9.17, 15) is 24.0 Å². The molecule has 0 rings (SSSR count). The topological polar surface area (TPSA) is 188 Å². The number of carboxylic acids is 2. The molecule has 7 N–H and O–H groups in total. The van der Waals surface area contributed by atoms with Crippen LogP contribution in [0.2, 0.25) is 0 Å². The minimum atomic E-state index is -1.32. The van der Waals surface area contributed by atoms with Crippen LogP contribution in [0.5, 0.6) is 0 Å². The van der Waals surface area contributed by atoms with Crippen molar-refractivity contribution in [3.8, 4) is 0 Å². The molecule has 11 nitrogen and oxygen atoms in total. The van der Waals surface area contributed by atoms with Gasteiger partial charge in [-0.15, -0.1) is 0 Å². The van der Waals surface area contributed by atoms with Crippen molar-refractivity contribution in [2.75, 3.05) is 6.54 Å². The Labute approximate surface area is 157 Å². The fourth-order valence-electron chi connectivity index (χ4n) is 2.13. The number of hydrogen-bond donors (Lipinski definition) is 6. The predicted molar refractivity (Wildman–Crippen MR) is 94.4 cm³/mol. The summed E-state index contributed by atoms with van der Waals surface area (Å²) in [5.41, 5.74) is 5.49. The third-order valence-electron chi connectivity index (χ3n) is 3.64. The Hall–Kier alpha value is -2.69. The van der Waals surface area contributed by atoms with Crippen molar-refractivity contribution >= 4 is 29.7 Å². The zero-order valence-corrected chi connectivity index (χ0v) is 15.8. The van der Waals surface area contributed by atoms with E-state index >= 15 is 0 Å². The van der Waals surface area contributed by atoms with Crippen molar-refractivity contribution in [3.63, 3.8) is 0 Å². The van der Waals surface area contributed by atoms with Gasteiger partial charge in [-0.2, -0.15) is 0 Å². The number of rotatable bonds is 11. The number of nitrogens with two attached hydrogens (primary N) is 1. The fourth-order valence-corrected chi connectivity index (χ4v) is 2.13. The molecule has 0 aliphatic heterocycles. The molecular weight excluding hydrogens is 360 g/mol. The third-order valence-corrected chi connectivity index (χ3v) is 3.64. The minimum absolute atomic E-state index is 0.347. The highest BCUT2D eigenvalue weighted by Crippen LogP contribution is 2.07. The van der Waals surface area contributed by atoms with Crippen molar-refractivity contribution in [2.45, 2.75) is 52.2 Å².